The first-order valence-electron chi connectivity index (χ1n) is 3.99. The molecule has 0 saturated carbocycles. The lowest BCUT2D eigenvalue weighted by Crippen LogP contribution is -2.24. The van der Waals surface area contributed by atoms with E-state index < -0.39 is 11.0 Å². The van der Waals surface area contributed by atoms with E-state index in [1.807, 2.05) is 6.07 Å². The second-order valence-electron chi connectivity index (χ2n) is 2.75. The van der Waals surface area contributed by atoms with Crippen molar-refractivity contribution in [3.63, 3.8) is 0 Å². The molecule has 0 aliphatic carbocycles. The molecule has 84 valence electrons. The summed E-state index contributed by atoms with van der Waals surface area (Å²) in [6, 6.07) is 7.21. The molecule has 0 bridgehead atoms. The van der Waals surface area contributed by atoms with Crippen LogP contribution in [0.5, 0.6) is 0 Å². The lowest BCUT2D eigenvalue weighted by Gasteiger charge is -2.13. The van der Waals surface area contributed by atoms with Crippen molar-refractivity contribution in [1.29, 1.82) is 0 Å². The first kappa shape index (κ1) is 13.4. The summed E-state index contributed by atoms with van der Waals surface area (Å²) in [5.74, 6) is -0.0356. The summed E-state index contributed by atoms with van der Waals surface area (Å²) in [5, 5.41) is 0. The van der Waals surface area contributed by atoms with Crippen molar-refractivity contribution in [2.24, 2.45) is 0 Å². The lowest BCUT2D eigenvalue weighted by atomic mass is 10.4. The van der Waals surface area contributed by atoms with E-state index in [2.05, 4.69) is 31.9 Å². The number of hydrogen-bond donors (Lipinski definition) is 0. The van der Waals surface area contributed by atoms with Gasteiger partial charge in [-0.1, -0.05) is 28.1 Å². The van der Waals surface area contributed by atoms with Crippen molar-refractivity contribution < 1.29 is 13.2 Å². The largest absolute Gasteiger partial charge is 0.402 e. The van der Waals surface area contributed by atoms with E-state index in [9.17, 15) is 13.2 Å². The Hall–Kier alpha value is 0.320. The normalized spacial score (nSPS) is 13.9. The topological polar surface area (TPSA) is 0 Å². The highest BCUT2D eigenvalue weighted by atomic mass is 79.9. The quantitative estimate of drug-likeness (QED) is 0.545. The molecule has 0 aliphatic rings. The van der Waals surface area contributed by atoms with Crippen LogP contribution in [-0.4, -0.2) is 16.8 Å². The van der Waals surface area contributed by atoms with Gasteiger partial charge in [0, 0.05) is 15.1 Å². The lowest BCUT2D eigenvalue weighted by molar-refractivity contribution is -0.122. The van der Waals surface area contributed by atoms with Crippen molar-refractivity contribution in [1.82, 2.24) is 0 Å². The van der Waals surface area contributed by atoms with E-state index in [4.69, 9.17) is 0 Å². The average molecular weight is 364 g/mol. The Balaban J connectivity index is 2.55. The Morgan fingerprint density at radius 1 is 1.27 bits per heavy atom. The van der Waals surface area contributed by atoms with Crippen LogP contribution in [0, 0.1) is 0 Å². The molecule has 0 N–H and O–H groups in total. The van der Waals surface area contributed by atoms with Gasteiger partial charge in [-0.05, 0) is 28.1 Å². The molecule has 6 heteroatoms. The minimum Gasteiger partial charge on any atom is -0.170 e. The summed E-state index contributed by atoms with van der Waals surface area (Å²) in [6.45, 7) is 0. The van der Waals surface area contributed by atoms with Crippen LogP contribution in [0.2, 0.25) is 0 Å². The summed E-state index contributed by atoms with van der Waals surface area (Å²) in [7, 11) is 0. The molecule has 0 aliphatic heterocycles. The van der Waals surface area contributed by atoms with Crippen molar-refractivity contribution in [3.05, 3.63) is 28.7 Å². The summed E-state index contributed by atoms with van der Waals surface area (Å²) >= 11 is 7.07. The van der Waals surface area contributed by atoms with Crippen molar-refractivity contribution in [2.45, 2.75) is 15.9 Å². The molecule has 0 aromatic heterocycles. The average Bonchev–Trinajstić information content (AvgIpc) is 2.14. The van der Waals surface area contributed by atoms with Gasteiger partial charge >= 0.3 is 6.18 Å². The van der Waals surface area contributed by atoms with Gasteiger partial charge in [-0.2, -0.15) is 13.2 Å². The van der Waals surface area contributed by atoms with Crippen molar-refractivity contribution >= 4 is 43.6 Å². The fraction of sp³-hybridized carbons (Fsp3) is 0.333. The summed E-state index contributed by atoms with van der Waals surface area (Å²) in [4.78, 5) is -0.659. The number of rotatable bonds is 3. The molecule has 1 rings (SSSR count). The highest BCUT2D eigenvalue weighted by molar-refractivity contribution is 9.10. The Labute approximate surface area is 107 Å². The van der Waals surface area contributed by atoms with E-state index in [0.717, 1.165) is 9.37 Å². The van der Waals surface area contributed by atoms with Gasteiger partial charge in [-0.15, -0.1) is 11.8 Å². The molecule has 0 spiro atoms. The van der Waals surface area contributed by atoms with Crippen LogP contribution in [-0.2, 0) is 0 Å². The van der Waals surface area contributed by atoms with Crippen LogP contribution in [0.25, 0.3) is 0 Å². The monoisotopic (exact) mass is 362 g/mol. The molecule has 0 saturated heterocycles. The Morgan fingerprint density at radius 2 is 1.87 bits per heavy atom. The molecule has 1 atom stereocenters. The molecule has 0 amide bonds. The first-order chi connectivity index (χ1) is 6.91. The van der Waals surface area contributed by atoms with E-state index >= 15 is 0 Å². The van der Waals surface area contributed by atoms with Gasteiger partial charge in [-0.3, -0.25) is 0 Å². The van der Waals surface area contributed by atoms with E-state index in [-0.39, 0.29) is 5.75 Å². The zero-order valence-electron chi connectivity index (χ0n) is 7.39. The van der Waals surface area contributed by atoms with Crippen LogP contribution in [0.3, 0.4) is 0 Å². The SMILES string of the molecule is FC(F)(F)C(Br)CSc1ccccc1Br. The Morgan fingerprint density at radius 3 is 2.40 bits per heavy atom. The minimum atomic E-state index is -4.19. The number of benzene rings is 1. The zero-order valence-corrected chi connectivity index (χ0v) is 11.4. The third-order valence-corrected chi connectivity index (χ3v) is 4.97. The maximum Gasteiger partial charge on any atom is 0.402 e. The molecule has 0 radical (unpaired) electrons. The third kappa shape index (κ3) is 4.36. The summed E-state index contributed by atoms with van der Waals surface area (Å²) < 4.78 is 37.4. The standard InChI is InChI=1S/C9H7Br2F3S/c10-6-3-1-2-4-7(6)15-5-8(11)9(12,13)14/h1-4,8H,5H2. The minimum absolute atomic E-state index is 0.0356. The van der Waals surface area contributed by atoms with Gasteiger partial charge in [0.1, 0.15) is 4.83 Å². The van der Waals surface area contributed by atoms with Crippen LogP contribution >= 0.6 is 43.6 Å². The van der Waals surface area contributed by atoms with E-state index in [1.165, 1.54) is 11.8 Å². The van der Waals surface area contributed by atoms with Crippen LogP contribution < -0.4 is 0 Å². The van der Waals surface area contributed by atoms with Gasteiger partial charge in [-0.25, -0.2) is 0 Å². The number of hydrogen-bond acceptors (Lipinski definition) is 1. The number of alkyl halides is 4. The van der Waals surface area contributed by atoms with Crippen LogP contribution in [0.15, 0.2) is 33.6 Å². The first-order valence-corrected chi connectivity index (χ1v) is 6.69. The molecule has 1 aromatic rings. The van der Waals surface area contributed by atoms with Crippen LogP contribution in [0.1, 0.15) is 0 Å². The summed E-state index contributed by atoms with van der Waals surface area (Å²) in [5.41, 5.74) is 0. The van der Waals surface area contributed by atoms with Gasteiger partial charge in [0.05, 0.1) is 0 Å². The highest BCUT2D eigenvalue weighted by Gasteiger charge is 2.37. The fourth-order valence-electron chi connectivity index (χ4n) is 0.819. The second-order valence-corrected chi connectivity index (χ2v) is 5.77. The van der Waals surface area contributed by atoms with Crippen molar-refractivity contribution in [3.8, 4) is 0 Å². The number of halogens is 5. The van der Waals surface area contributed by atoms with Gasteiger partial charge < -0.3 is 0 Å². The van der Waals surface area contributed by atoms with Gasteiger partial charge in [0.25, 0.3) is 0 Å². The zero-order chi connectivity index (χ0) is 11.5. The Kier molecular flexibility index (Phi) is 4.99. The smallest absolute Gasteiger partial charge is 0.170 e. The molecule has 1 aromatic carbocycles. The molecule has 0 nitrogen and oxygen atoms in total. The van der Waals surface area contributed by atoms with Crippen molar-refractivity contribution in [2.75, 3.05) is 5.75 Å². The fourth-order valence-corrected chi connectivity index (χ4v) is 2.74. The van der Waals surface area contributed by atoms with E-state index in [0.29, 0.717) is 0 Å². The van der Waals surface area contributed by atoms with Gasteiger partial charge in [0.2, 0.25) is 0 Å². The molecular formula is C9H7Br2F3S. The third-order valence-electron chi connectivity index (χ3n) is 1.58. The molecule has 1 unspecified atom stereocenters. The predicted molar refractivity (Wildman–Crippen MR) is 63.6 cm³/mol. The highest BCUT2D eigenvalue weighted by Crippen LogP contribution is 2.34. The predicted octanol–water partition coefficient (Wildman–Crippen LogP) is 4.87. The molecule has 0 heterocycles. The van der Waals surface area contributed by atoms with Gasteiger partial charge in [0.15, 0.2) is 0 Å². The number of thioether (sulfide) groups is 1. The molecule has 0 fully saturated rings. The Bertz CT molecular complexity index is 327. The molecular weight excluding hydrogens is 357 g/mol. The van der Waals surface area contributed by atoms with E-state index in [1.54, 1.807) is 18.2 Å². The maximum atomic E-state index is 12.2. The van der Waals surface area contributed by atoms with Crippen LogP contribution in [0.4, 0.5) is 13.2 Å². The summed E-state index contributed by atoms with van der Waals surface area (Å²) in [6.07, 6.45) is -4.19. The maximum absolute atomic E-state index is 12.2. The molecule has 15 heavy (non-hydrogen) atoms. The second kappa shape index (κ2) is 5.59.